The van der Waals surface area contributed by atoms with Crippen molar-refractivity contribution in [3.05, 3.63) is 69.3 Å². The lowest BCUT2D eigenvalue weighted by Crippen LogP contribution is -2.27. The summed E-state index contributed by atoms with van der Waals surface area (Å²) in [5.74, 6) is -1.78. The van der Waals surface area contributed by atoms with Gasteiger partial charge in [0, 0.05) is 0 Å². The maximum atomic E-state index is 13.0. The van der Waals surface area contributed by atoms with Crippen LogP contribution in [0, 0.1) is 5.82 Å². The van der Waals surface area contributed by atoms with E-state index in [1.165, 1.54) is 42.5 Å². The van der Waals surface area contributed by atoms with Gasteiger partial charge in [-0.1, -0.05) is 29.8 Å². The molecule has 0 unspecified atom stereocenters. The van der Waals surface area contributed by atoms with Crippen molar-refractivity contribution in [3.8, 4) is 5.75 Å². The number of thioether (sulfide) groups is 1. The third kappa shape index (κ3) is 4.71. The van der Waals surface area contributed by atoms with Crippen molar-refractivity contribution in [2.45, 2.75) is 6.54 Å². The minimum absolute atomic E-state index is 0.0466. The molecule has 1 saturated heterocycles. The van der Waals surface area contributed by atoms with Crippen molar-refractivity contribution < 1.29 is 28.6 Å². The van der Waals surface area contributed by atoms with E-state index in [2.05, 4.69) is 0 Å². The number of imide groups is 1. The maximum Gasteiger partial charge on any atom is 0.341 e. The van der Waals surface area contributed by atoms with Gasteiger partial charge in [-0.2, -0.15) is 0 Å². The molecule has 6 nitrogen and oxygen atoms in total. The number of halogens is 2. The van der Waals surface area contributed by atoms with Crippen LogP contribution in [0.15, 0.2) is 47.4 Å². The molecular formula is C19H13ClFNO5S. The van der Waals surface area contributed by atoms with Gasteiger partial charge in [0.15, 0.2) is 6.61 Å². The highest BCUT2D eigenvalue weighted by atomic mass is 35.5. The number of carbonyl (C=O) groups excluding carboxylic acids is 2. The molecule has 0 aromatic heterocycles. The number of hydrogen-bond donors (Lipinski definition) is 1. The minimum Gasteiger partial charge on any atom is -0.480 e. The van der Waals surface area contributed by atoms with Crippen LogP contribution in [0.5, 0.6) is 5.75 Å². The van der Waals surface area contributed by atoms with Gasteiger partial charge in [0.1, 0.15) is 11.6 Å². The molecule has 144 valence electrons. The zero-order valence-corrected chi connectivity index (χ0v) is 15.8. The van der Waals surface area contributed by atoms with Crippen molar-refractivity contribution >= 4 is 46.6 Å². The normalized spacial score (nSPS) is 15.4. The standard InChI is InChI=1S/C19H13ClFNO5S/c20-14-7-12(3-6-15(14)27-10-17(23)24)8-16-18(25)22(19(26)28-16)9-11-1-4-13(21)5-2-11/h1-8H,9-10H2,(H,23,24)/b16-8-. The summed E-state index contributed by atoms with van der Waals surface area (Å²) in [5.41, 5.74) is 1.19. The highest BCUT2D eigenvalue weighted by Gasteiger charge is 2.35. The van der Waals surface area contributed by atoms with E-state index >= 15 is 0 Å². The van der Waals surface area contributed by atoms with Crippen LogP contribution in [0.4, 0.5) is 9.18 Å². The Morgan fingerprint density at radius 3 is 2.57 bits per heavy atom. The van der Waals surface area contributed by atoms with E-state index in [1.807, 2.05) is 0 Å². The first-order valence-electron chi connectivity index (χ1n) is 7.97. The molecule has 2 aromatic carbocycles. The minimum atomic E-state index is -1.13. The fraction of sp³-hybridized carbons (Fsp3) is 0.105. The third-order valence-corrected chi connectivity index (χ3v) is 4.94. The van der Waals surface area contributed by atoms with Gasteiger partial charge in [-0.25, -0.2) is 9.18 Å². The number of benzene rings is 2. The highest BCUT2D eigenvalue weighted by molar-refractivity contribution is 8.18. The monoisotopic (exact) mass is 421 g/mol. The maximum absolute atomic E-state index is 13.0. The Balaban J connectivity index is 1.75. The Hall–Kier alpha value is -2.84. The average Bonchev–Trinajstić information content (AvgIpc) is 2.90. The summed E-state index contributed by atoms with van der Waals surface area (Å²) in [4.78, 5) is 36.6. The fourth-order valence-electron chi connectivity index (χ4n) is 2.42. The predicted octanol–water partition coefficient (Wildman–Crippen LogP) is 4.18. The van der Waals surface area contributed by atoms with Gasteiger partial charge in [-0.3, -0.25) is 14.5 Å². The Labute approximate surface area is 168 Å². The summed E-state index contributed by atoms with van der Waals surface area (Å²) in [7, 11) is 0. The molecule has 28 heavy (non-hydrogen) atoms. The molecule has 0 saturated carbocycles. The summed E-state index contributed by atoms with van der Waals surface area (Å²) in [6.07, 6.45) is 1.52. The Morgan fingerprint density at radius 2 is 1.93 bits per heavy atom. The number of ether oxygens (including phenoxy) is 1. The molecule has 0 atom stereocenters. The van der Waals surface area contributed by atoms with Crippen molar-refractivity contribution in [1.29, 1.82) is 0 Å². The van der Waals surface area contributed by atoms with Crippen molar-refractivity contribution in [3.63, 3.8) is 0 Å². The number of carboxylic acids is 1. The highest BCUT2D eigenvalue weighted by Crippen LogP contribution is 2.34. The van der Waals surface area contributed by atoms with Gasteiger partial charge >= 0.3 is 5.97 Å². The molecule has 1 heterocycles. The van der Waals surface area contributed by atoms with E-state index in [0.29, 0.717) is 11.1 Å². The number of nitrogens with zero attached hydrogens (tertiary/aromatic N) is 1. The van der Waals surface area contributed by atoms with Gasteiger partial charge in [0.2, 0.25) is 0 Å². The molecule has 1 N–H and O–H groups in total. The van der Waals surface area contributed by atoms with Crippen molar-refractivity contribution in [1.82, 2.24) is 4.90 Å². The van der Waals surface area contributed by atoms with E-state index < -0.39 is 29.5 Å². The van der Waals surface area contributed by atoms with Crippen LogP contribution in [0.3, 0.4) is 0 Å². The molecule has 0 bridgehead atoms. The Kier molecular flexibility index (Phi) is 6.01. The van der Waals surface area contributed by atoms with Crippen LogP contribution in [0.25, 0.3) is 6.08 Å². The first kappa shape index (κ1) is 19.9. The zero-order valence-electron chi connectivity index (χ0n) is 14.2. The molecule has 0 spiro atoms. The van der Waals surface area contributed by atoms with Crippen molar-refractivity contribution in [2.24, 2.45) is 0 Å². The van der Waals surface area contributed by atoms with Gasteiger partial charge in [-0.05, 0) is 53.2 Å². The topological polar surface area (TPSA) is 83.9 Å². The first-order valence-corrected chi connectivity index (χ1v) is 9.17. The quantitative estimate of drug-likeness (QED) is 0.704. The van der Waals surface area contributed by atoms with Crippen LogP contribution >= 0.6 is 23.4 Å². The number of carbonyl (C=O) groups is 3. The summed E-state index contributed by atoms with van der Waals surface area (Å²) >= 11 is 6.86. The van der Waals surface area contributed by atoms with Crippen LogP contribution in [0.1, 0.15) is 11.1 Å². The van der Waals surface area contributed by atoms with E-state index in [9.17, 15) is 18.8 Å². The molecule has 1 fully saturated rings. The SMILES string of the molecule is O=C(O)COc1ccc(/C=C2\SC(=O)N(Cc3ccc(F)cc3)C2=O)cc1Cl. The second-order valence-electron chi connectivity index (χ2n) is 5.77. The molecule has 1 aliphatic rings. The van der Waals surface area contributed by atoms with Crippen LogP contribution in [-0.2, 0) is 16.1 Å². The van der Waals surface area contributed by atoms with Gasteiger partial charge in [-0.15, -0.1) is 0 Å². The molecule has 1 aliphatic heterocycles. The Morgan fingerprint density at radius 1 is 1.21 bits per heavy atom. The van der Waals surface area contributed by atoms with Crippen molar-refractivity contribution in [2.75, 3.05) is 6.61 Å². The van der Waals surface area contributed by atoms with E-state index in [1.54, 1.807) is 6.07 Å². The number of hydrogen-bond acceptors (Lipinski definition) is 5. The van der Waals surface area contributed by atoms with Crippen LogP contribution < -0.4 is 4.74 Å². The molecule has 0 radical (unpaired) electrons. The summed E-state index contributed by atoms with van der Waals surface area (Å²) < 4.78 is 18.0. The summed E-state index contributed by atoms with van der Waals surface area (Å²) in [5, 5.41) is 8.39. The molecule has 9 heteroatoms. The predicted molar refractivity (Wildman–Crippen MR) is 102 cm³/mol. The number of amides is 2. The fourth-order valence-corrected chi connectivity index (χ4v) is 3.51. The summed E-state index contributed by atoms with van der Waals surface area (Å²) in [6.45, 7) is -0.480. The first-order chi connectivity index (χ1) is 13.3. The third-order valence-electron chi connectivity index (χ3n) is 3.73. The zero-order chi connectivity index (χ0) is 20.3. The van der Waals surface area contributed by atoms with E-state index in [4.69, 9.17) is 21.4 Å². The number of carboxylic acid groups (broad SMARTS) is 1. The lowest BCUT2D eigenvalue weighted by molar-refractivity contribution is -0.139. The second kappa shape index (κ2) is 8.45. The number of aliphatic carboxylic acids is 1. The molecule has 2 amide bonds. The van der Waals surface area contributed by atoms with Crippen LogP contribution in [-0.4, -0.2) is 33.7 Å². The Bertz CT molecular complexity index is 977. The lowest BCUT2D eigenvalue weighted by Gasteiger charge is -2.12. The molecule has 0 aliphatic carbocycles. The van der Waals surface area contributed by atoms with Gasteiger partial charge < -0.3 is 9.84 Å². The molecular weight excluding hydrogens is 409 g/mol. The number of rotatable bonds is 6. The van der Waals surface area contributed by atoms with Gasteiger partial charge in [0.05, 0.1) is 16.5 Å². The van der Waals surface area contributed by atoms with Gasteiger partial charge in [0.25, 0.3) is 11.1 Å². The van der Waals surface area contributed by atoms with E-state index in [-0.39, 0.29) is 22.2 Å². The molecule has 3 rings (SSSR count). The largest absolute Gasteiger partial charge is 0.480 e. The lowest BCUT2D eigenvalue weighted by atomic mass is 10.2. The molecule has 2 aromatic rings. The summed E-state index contributed by atoms with van der Waals surface area (Å²) in [6, 6.07) is 10.1. The average molecular weight is 422 g/mol. The van der Waals surface area contributed by atoms with E-state index in [0.717, 1.165) is 16.7 Å². The van der Waals surface area contributed by atoms with Crippen LogP contribution in [0.2, 0.25) is 5.02 Å². The smallest absolute Gasteiger partial charge is 0.341 e. The second-order valence-corrected chi connectivity index (χ2v) is 7.17.